The van der Waals surface area contributed by atoms with Crippen LogP contribution < -0.4 is 10.6 Å². The molecular formula is C9H9Cl2N3O2S. The number of halogens is 2. The predicted molar refractivity (Wildman–Crippen MR) is 70.6 cm³/mol. The van der Waals surface area contributed by atoms with Gasteiger partial charge in [-0.15, -0.1) is 0 Å². The standard InChI is InChI=1S/C9H9Cl2N3O2S/c1-2-16-9(15)14-8(17)13-5-3-6(10)7(11)12-4-5/h3-4H,2H2,1H3,(H2,13,14,15,17). The summed E-state index contributed by atoms with van der Waals surface area (Å²) in [6.45, 7) is 1.96. The van der Waals surface area contributed by atoms with Crippen LogP contribution in [0.25, 0.3) is 0 Å². The first kappa shape index (κ1) is 14.0. The number of rotatable bonds is 2. The number of aromatic nitrogens is 1. The van der Waals surface area contributed by atoms with Crippen molar-refractivity contribution in [3.05, 3.63) is 22.4 Å². The third-order valence-corrected chi connectivity index (χ3v) is 2.44. The lowest BCUT2D eigenvalue weighted by Crippen LogP contribution is -2.34. The van der Waals surface area contributed by atoms with E-state index in [1.165, 1.54) is 12.3 Å². The van der Waals surface area contributed by atoms with Gasteiger partial charge in [-0.3, -0.25) is 5.32 Å². The van der Waals surface area contributed by atoms with Gasteiger partial charge in [0.15, 0.2) is 5.11 Å². The minimum absolute atomic E-state index is 0.0867. The second-order valence-electron chi connectivity index (χ2n) is 2.80. The predicted octanol–water partition coefficient (Wildman–Crippen LogP) is 2.83. The lowest BCUT2D eigenvalue weighted by atomic mass is 10.4. The van der Waals surface area contributed by atoms with E-state index in [0.29, 0.717) is 5.69 Å². The van der Waals surface area contributed by atoms with Crippen molar-refractivity contribution in [2.24, 2.45) is 0 Å². The van der Waals surface area contributed by atoms with Crippen LogP contribution in [0.15, 0.2) is 12.3 Å². The molecule has 0 bridgehead atoms. The maximum atomic E-state index is 11.0. The van der Waals surface area contributed by atoms with Crippen LogP contribution in [0, 0.1) is 0 Å². The number of carbonyl (C=O) groups excluding carboxylic acids is 1. The topological polar surface area (TPSA) is 63.2 Å². The SMILES string of the molecule is CCOC(=O)NC(=S)Nc1cnc(Cl)c(Cl)c1. The number of ether oxygens (including phenoxy) is 1. The number of anilines is 1. The molecule has 0 spiro atoms. The Kier molecular flexibility index (Phi) is 5.40. The Hall–Kier alpha value is -1.11. The second-order valence-corrected chi connectivity index (χ2v) is 3.97. The van der Waals surface area contributed by atoms with Crippen molar-refractivity contribution in [1.29, 1.82) is 0 Å². The Bertz CT molecular complexity index is 442. The minimum atomic E-state index is -0.627. The van der Waals surface area contributed by atoms with Gasteiger partial charge in [0.1, 0.15) is 5.15 Å². The van der Waals surface area contributed by atoms with Crippen molar-refractivity contribution in [2.45, 2.75) is 6.92 Å². The molecule has 1 aromatic rings. The molecule has 0 aromatic carbocycles. The smallest absolute Gasteiger partial charge is 0.413 e. The molecule has 1 aromatic heterocycles. The summed E-state index contributed by atoms with van der Waals surface area (Å²) in [7, 11) is 0. The number of pyridine rings is 1. The molecule has 0 aliphatic heterocycles. The molecule has 1 amide bonds. The Morgan fingerprint density at radius 2 is 2.29 bits per heavy atom. The maximum absolute atomic E-state index is 11.0. The molecule has 0 atom stereocenters. The number of alkyl carbamates (subject to hydrolysis) is 1. The van der Waals surface area contributed by atoms with Gasteiger partial charge < -0.3 is 10.1 Å². The summed E-state index contributed by atoms with van der Waals surface area (Å²) < 4.78 is 4.65. The van der Waals surface area contributed by atoms with Crippen molar-refractivity contribution in [3.63, 3.8) is 0 Å². The molecule has 17 heavy (non-hydrogen) atoms. The maximum Gasteiger partial charge on any atom is 0.413 e. The minimum Gasteiger partial charge on any atom is -0.450 e. The summed E-state index contributed by atoms with van der Waals surface area (Å²) in [5.41, 5.74) is 0.515. The van der Waals surface area contributed by atoms with Gasteiger partial charge in [0.2, 0.25) is 0 Å². The number of nitrogens with zero attached hydrogens (tertiary/aromatic N) is 1. The summed E-state index contributed by atoms with van der Waals surface area (Å²) in [5.74, 6) is 0. The van der Waals surface area contributed by atoms with Crippen LogP contribution in [-0.2, 0) is 4.74 Å². The van der Waals surface area contributed by atoms with Gasteiger partial charge in [0.25, 0.3) is 0 Å². The van der Waals surface area contributed by atoms with Crippen molar-refractivity contribution in [1.82, 2.24) is 10.3 Å². The van der Waals surface area contributed by atoms with Gasteiger partial charge in [0.05, 0.1) is 23.5 Å². The Morgan fingerprint density at radius 3 is 2.88 bits per heavy atom. The molecule has 1 rings (SSSR count). The number of carbonyl (C=O) groups is 1. The highest BCUT2D eigenvalue weighted by atomic mass is 35.5. The summed E-state index contributed by atoms with van der Waals surface area (Å²) in [5, 5.41) is 5.60. The molecule has 92 valence electrons. The monoisotopic (exact) mass is 293 g/mol. The van der Waals surface area contributed by atoms with E-state index in [4.69, 9.17) is 35.4 Å². The van der Waals surface area contributed by atoms with Gasteiger partial charge in [0, 0.05) is 0 Å². The quantitative estimate of drug-likeness (QED) is 0.648. The molecule has 5 nitrogen and oxygen atoms in total. The summed E-state index contributed by atoms with van der Waals surface area (Å²) in [4.78, 5) is 14.9. The van der Waals surface area contributed by atoms with E-state index in [0.717, 1.165) is 0 Å². The second kappa shape index (κ2) is 6.58. The van der Waals surface area contributed by atoms with Crippen LogP contribution in [-0.4, -0.2) is 22.8 Å². The molecule has 8 heteroatoms. The highest BCUT2D eigenvalue weighted by Gasteiger charge is 2.06. The Balaban J connectivity index is 2.56. The zero-order valence-corrected chi connectivity index (χ0v) is 11.1. The number of nitrogens with one attached hydrogen (secondary N) is 2. The van der Waals surface area contributed by atoms with Gasteiger partial charge in [-0.05, 0) is 25.2 Å². The fourth-order valence-corrected chi connectivity index (χ4v) is 1.38. The lowest BCUT2D eigenvalue weighted by Gasteiger charge is -2.09. The van der Waals surface area contributed by atoms with E-state index in [2.05, 4.69) is 20.4 Å². The summed E-state index contributed by atoms with van der Waals surface area (Å²) in [6, 6.07) is 1.54. The largest absolute Gasteiger partial charge is 0.450 e. The first-order valence-corrected chi connectivity index (χ1v) is 5.75. The van der Waals surface area contributed by atoms with Crippen molar-refractivity contribution in [2.75, 3.05) is 11.9 Å². The number of hydrogen-bond acceptors (Lipinski definition) is 4. The molecular weight excluding hydrogens is 285 g/mol. The van der Waals surface area contributed by atoms with E-state index in [-0.39, 0.29) is 21.9 Å². The average Bonchev–Trinajstić information content (AvgIpc) is 2.23. The van der Waals surface area contributed by atoms with Crippen LogP contribution in [0.1, 0.15) is 6.92 Å². The van der Waals surface area contributed by atoms with Crippen LogP contribution >= 0.6 is 35.4 Å². The van der Waals surface area contributed by atoms with Gasteiger partial charge >= 0.3 is 6.09 Å². The number of amides is 1. The van der Waals surface area contributed by atoms with Crippen LogP contribution in [0.5, 0.6) is 0 Å². The normalized spacial score (nSPS) is 9.59. The van der Waals surface area contributed by atoms with Crippen molar-refractivity contribution >= 4 is 52.3 Å². The number of hydrogen-bond donors (Lipinski definition) is 2. The van der Waals surface area contributed by atoms with E-state index in [9.17, 15) is 4.79 Å². The third-order valence-electron chi connectivity index (χ3n) is 1.55. The molecule has 0 unspecified atom stereocenters. The molecule has 0 aliphatic carbocycles. The average molecular weight is 294 g/mol. The molecule has 0 fully saturated rings. The Morgan fingerprint density at radius 1 is 1.59 bits per heavy atom. The fraction of sp³-hybridized carbons (Fsp3) is 0.222. The van der Waals surface area contributed by atoms with Gasteiger partial charge in [-0.2, -0.15) is 0 Å². The first-order chi connectivity index (χ1) is 8.02. The highest BCUT2D eigenvalue weighted by Crippen LogP contribution is 2.21. The molecule has 1 heterocycles. The molecule has 0 saturated carbocycles. The van der Waals surface area contributed by atoms with E-state index >= 15 is 0 Å². The third kappa shape index (κ3) is 4.72. The van der Waals surface area contributed by atoms with E-state index in [1.807, 2.05) is 0 Å². The van der Waals surface area contributed by atoms with Gasteiger partial charge in [-0.1, -0.05) is 23.2 Å². The van der Waals surface area contributed by atoms with E-state index < -0.39 is 6.09 Å². The van der Waals surface area contributed by atoms with Crippen LogP contribution in [0.2, 0.25) is 10.2 Å². The van der Waals surface area contributed by atoms with Crippen molar-refractivity contribution < 1.29 is 9.53 Å². The number of thiocarbonyl (C=S) groups is 1. The molecule has 0 saturated heterocycles. The van der Waals surface area contributed by atoms with E-state index in [1.54, 1.807) is 6.92 Å². The molecule has 0 aliphatic rings. The Labute approximate surface area is 113 Å². The summed E-state index contributed by atoms with van der Waals surface area (Å²) >= 11 is 16.3. The van der Waals surface area contributed by atoms with Crippen molar-refractivity contribution in [3.8, 4) is 0 Å². The first-order valence-electron chi connectivity index (χ1n) is 4.58. The molecule has 0 radical (unpaired) electrons. The lowest BCUT2D eigenvalue weighted by molar-refractivity contribution is 0.158. The van der Waals surface area contributed by atoms with Crippen LogP contribution in [0.4, 0.5) is 10.5 Å². The summed E-state index contributed by atoms with van der Waals surface area (Å²) in [6.07, 6.45) is 0.811. The zero-order chi connectivity index (χ0) is 12.8. The van der Waals surface area contributed by atoms with Gasteiger partial charge in [-0.25, -0.2) is 9.78 Å². The fourth-order valence-electron chi connectivity index (χ4n) is 0.912. The molecule has 2 N–H and O–H groups in total. The highest BCUT2D eigenvalue weighted by molar-refractivity contribution is 7.80. The van der Waals surface area contributed by atoms with Crippen LogP contribution in [0.3, 0.4) is 0 Å². The zero-order valence-electron chi connectivity index (χ0n) is 8.79.